The van der Waals surface area contributed by atoms with E-state index in [1.165, 1.54) is 6.33 Å². The van der Waals surface area contributed by atoms with Gasteiger partial charge in [0.1, 0.15) is 12.1 Å². The van der Waals surface area contributed by atoms with Gasteiger partial charge in [-0.1, -0.05) is 13.8 Å². The lowest BCUT2D eigenvalue weighted by Gasteiger charge is -2.05. The van der Waals surface area contributed by atoms with E-state index in [4.69, 9.17) is 5.84 Å². The van der Waals surface area contributed by atoms with Crippen LogP contribution in [0.3, 0.4) is 0 Å². The van der Waals surface area contributed by atoms with Gasteiger partial charge in [-0.25, -0.2) is 20.5 Å². The van der Waals surface area contributed by atoms with Gasteiger partial charge < -0.3 is 5.43 Å². The monoisotopic (exact) mass is 232 g/mol. The molecule has 0 saturated heterocycles. The normalized spacial score (nSPS) is 10.5. The number of nitrogen functional groups attached to an aromatic ring is 1. The maximum atomic E-state index is 5.33. The predicted octanol–water partition coefficient (Wildman–Crippen LogP) is 1.07. The maximum absolute atomic E-state index is 5.33. The van der Waals surface area contributed by atoms with Crippen molar-refractivity contribution in [3.05, 3.63) is 29.8 Å². The predicted molar refractivity (Wildman–Crippen MR) is 65.7 cm³/mol. The van der Waals surface area contributed by atoms with E-state index in [-0.39, 0.29) is 0 Å². The standard InChI is InChI=1S/C11H16N6/c1-3-8-5-9(4-2)17(16-8)11-6-10(15-12)13-7-14-11/h5-7H,3-4,12H2,1-2H3,(H,13,14,15). The summed E-state index contributed by atoms with van der Waals surface area (Å²) in [7, 11) is 0. The Morgan fingerprint density at radius 2 is 2.06 bits per heavy atom. The minimum Gasteiger partial charge on any atom is -0.308 e. The number of hydrazine groups is 1. The van der Waals surface area contributed by atoms with Crippen molar-refractivity contribution in [2.75, 3.05) is 5.43 Å². The minimum atomic E-state index is 0.575. The molecule has 2 heterocycles. The summed E-state index contributed by atoms with van der Waals surface area (Å²) in [5.41, 5.74) is 4.69. The first kappa shape index (κ1) is 11.5. The van der Waals surface area contributed by atoms with Crippen LogP contribution in [0.5, 0.6) is 0 Å². The molecule has 0 bridgehead atoms. The highest BCUT2D eigenvalue weighted by molar-refractivity contribution is 5.39. The zero-order valence-electron chi connectivity index (χ0n) is 10.0. The minimum absolute atomic E-state index is 0.575. The van der Waals surface area contributed by atoms with E-state index in [9.17, 15) is 0 Å². The molecule has 0 aliphatic heterocycles. The van der Waals surface area contributed by atoms with Crippen LogP contribution in [0.25, 0.3) is 5.82 Å². The molecule has 2 aromatic rings. The summed E-state index contributed by atoms with van der Waals surface area (Å²) in [4.78, 5) is 8.19. The van der Waals surface area contributed by atoms with Gasteiger partial charge in [0.2, 0.25) is 0 Å². The number of rotatable bonds is 4. The second-order valence-electron chi connectivity index (χ2n) is 3.65. The molecular formula is C11H16N6. The summed E-state index contributed by atoms with van der Waals surface area (Å²) >= 11 is 0. The fourth-order valence-electron chi connectivity index (χ4n) is 1.64. The van der Waals surface area contributed by atoms with Crippen molar-refractivity contribution in [3.63, 3.8) is 0 Å². The largest absolute Gasteiger partial charge is 0.308 e. The second kappa shape index (κ2) is 4.92. The Morgan fingerprint density at radius 3 is 2.71 bits per heavy atom. The Labute approximate surface area is 99.9 Å². The van der Waals surface area contributed by atoms with Crippen LogP contribution in [0.15, 0.2) is 18.5 Å². The first-order valence-corrected chi connectivity index (χ1v) is 5.65. The molecule has 0 aromatic carbocycles. The molecule has 0 saturated carbocycles. The molecule has 90 valence electrons. The highest BCUT2D eigenvalue weighted by atomic mass is 15.3. The summed E-state index contributed by atoms with van der Waals surface area (Å²) in [5, 5.41) is 4.50. The van der Waals surface area contributed by atoms with E-state index < -0.39 is 0 Å². The van der Waals surface area contributed by atoms with Crippen molar-refractivity contribution in [1.29, 1.82) is 0 Å². The van der Waals surface area contributed by atoms with Crippen LogP contribution < -0.4 is 11.3 Å². The van der Waals surface area contributed by atoms with E-state index in [0.717, 1.165) is 30.0 Å². The summed E-state index contributed by atoms with van der Waals surface area (Å²) in [6.07, 6.45) is 3.28. The van der Waals surface area contributed by atoms with Gasteiger partial charge in [0.05, 0.1) is 5.69 Å². The Bertz CT molecular complexity index is 504. The Kier molecular flexibility index (Phi) is 3.34. The zero-order chi connectivity index (χ0) is 12.3. The fourth-order valence-corrected chi connectivity index (χ4v) is 1.64. The molecule has 6 heteroatoms. The van der Waals surface area contributed by atoms with Gasteiger partial charge in [0.15, 0.2) is 5.82 Å². The average Bonchev–Trinajstić information content (AvgIpc) is 2.82. The summed E-state index contributed by atoms with van der Waals surface area (Å²) in [5.74, 6) is 6.63. The molecule has 0 amide bonds. The molecular weight excluding hydrogens is 216 g/mol. The van der Waals surface area contributed by atoms with Crippen molar-refractivity contribution in [2.45, 2.75) is 26.7 Å². The van der Waals surface area contributed by atoms with E-state index in [1.807, 2.05) is 4.68 Å². The fraction of sp³-hybridized carbons (Fsp3) is 0.364. The summed E-state index contributed by atoms with van der Waals surface area (Å²) in [6.45, 7) is 4.18. The highest BCUT2D eigenvalue weighted by Crippen LogP contribution is 2.13. The van der Waals surface area contributed by atoms with Crippen molar-refractivity contribution >= 4 is 5.82 Å². The number of nitrogens with two attached hydrogens (primary N) is 1. The van der Waals surface area contributed by atoms with Crippen LogP contribution >= 0.6 is 0 Å². The van der Waals surface area contributed by atoms with E-state index in [1.54, 1.807) is 6.07 Å². The van der Waals surface area contributed by atoms with Crippen LogP contribution in [0.1, 0.15) is 25.2 Å². The first-order chi connectivity index (χ1) is 8.28. The van der Waals surface area contributed by atoms with Gasteiger partial charge in [0.25, 0.3) is 0 Å². The summed E-state index contributed by atoms with van der Waals surface area (Å²) in [6, 6.07) is 3.86. The number of hydrogen-bond donors (Lipinski definition) is 2. The van der Waals surface area contributed by atoms with Gasteiger partial charge in [-0.15, -0.1) is 0 Å². The van der Waals surface area contributed by atoms with Crippen molar-refractivity contribution < 1.29 is 0 Å². The van der Waals surface area contributed by atoms with Crippen LogP contribution in [-0.4, -0.2) is 19.7 Å². The third kappa shape index (κ3) is 2.26. The van der Waals surface area contributed by atoms with Crippen molar-refractivity contribution in [2.24, 2.45) is 5.84 Å². The molecule has 0 fully saturated rings. The molecule has 0 aliphatic carbocycles. The number of nitrogens with zero attached hydrogens (tertiary/aromatic N) is 4. The molecule has 0 unspecified atom stereocenters. The molecule has 0 aliphatic rings. The van der Waals surface area contributed by atoms with E-state index in [2.05, 4.69) is 40.4 Å². The first-order valence-electron chi connectivity index (χ1n) is 5.65. The topological polar surface area (TPSA) is 81.7 Å². The van der Waals surface area contributed by atoms with Gasteiger partial charge in [-0.05, 0) is 18.9 Å². The molecule has 6 nitrogen and oxygen atoms in total. The van der Waals surface area contributed by atoms with Gasteiger partial charge in [0, 0.05) is 11.8 Å². The van der Waals surface area contributed by atoms with Gasteiger partial charge in [-0.2, -0.15) is 5.10 Å². The SMILES string of the molecule is CCc1cc(CC)n(-c2cc(NN)ncn2)n1. The van der Waals surface area contributed by atoms with Crippen LogP contribution in [0.2, 0.25) is 0 Å². The van der Waals surface area contributed by atoms with Gasteiger partial charge in [-0.3, -0.25) is 0 Å². The maximum Gasteiger partial charge on any atom is 0.159 e. The van der Waals surface area contributed by atoms with E-state index in [0.29, 0.717) is 5.82 Å². The Morgan fingerprint density at radius 1 is 1.24 bits per heavy atom. The number of aryl methyl sites for hydroxylation is 2. The Hall–Kier alpha value is -1.95. The molecule has 0 spiro atoms. The van der Waals surface area contributed by atoms with Crippen LogP contribution in [-0.2, 0) is 12.8 Å². The molecule has 0 atom stereocenters. The lowest BCUT2D eigenvalue weighted by Crippen LogP contribution is -2.11. The lowest BCUT2D eigenvalue weighted by molar-refractivity contribution is 0.769. The van der Waals surface area contributed by atoms with Crippen molar-refractivity contribution in [3.8, 4) is 5.82 Å². The molecule has 17 heavy (non-hydrogen) atoms. The summed E-state index contributed by atoms with van der Waals surface area (Å²) < 4.78 is 1.83. The lowest BCUT2D eigenvalue weighted by atomic mass is 10.2. The smallest absolute Gasteiger partial charge is 0.159 e. The number of aromatic nitrogens is 4. The highest BCUT2D eigenvalue weighted by Gasteiger charge is 2.08. The molecule has 2 aromatic heterocycles. The van der Waals surface area contributed by atoms with Crippen LogP contribution in [0.4, 0.5) is 5.82 Å². The van der Waals surface area contributed by atoms with Crippen LogP contribution in [0, 0.1) is 0 Å². The molecule has 2 rings (SSSR count). The number of nitrogens with one attached hydrogen (secondary N) is 1. The molecule has 3 N–H and O–H groups in total. The third-order valence-electron chi connectivity index (χ3n) is 2.58. The zero-order valence-corrected chi connectivity index (χ0v) is 10.0. The van der Waals surface area contributed by atoms with Crippen molar-refractivity contribution in [1.82, 2.24) is 19.7 Å². The third-order valence-corrected chi connectivity index (χ3v) is 2.58. The number of anilines is 1. The number of hydrogen-bond acceptors (Lipinski definition) is 5. The van der Waals surface area contributed by atoms with E-state index >= 15 is 0 Å². The average molecular weight is 232 g/mol. The Balaban J connectivity index is 2.47. The quantitative estimate of drug-likeness (QED) is 0.608. The second-order valence-corrected chi connectivity index (χ2v) is 3.65. The van der Waals surface area contributed by atoms with Gasteiger partial charge >= 0.3 is 0 Å². The molecule has 0 radical (unpaired) electrons.